The summed E-state index contributed by atoms with van der Waals surface area (Å²) < 4.78 is 32.8. The van der Waals surface area contributed by atoms with E-state index in [0.29, 0.717) is 49.1 Å². The number of halogens is 2. The van der Waals surface area contributed by atoms with Crippen molar-refractivity contribution in [2.45, 2.75) is 37.0 Å². The van der Waals surface area contributed by atoms with Gasteiger partial charge in [0.1, 0.15) is 11.0 Å². The molecule has 15 heteroatoms. The Morgan fingerprint density at radius 3 is 2.28 bits per heavy atom. The topological polar surface area (TPSA) is 171 Å². The second-order valence-electron chi connectivity index (χ2n) is 9.64. The van der Waals surface area contributed by atoms with Crippen molar-refractivity contribution in [1.82, 2.24) is 0 Å². The summed E-state index contributed by atoms with van der Waals surface area (Å²) in [5.74, 6) is 0.498. The van der Waals surface area contributed by atoms with Crippen LogP contribution < -0.4 is 25.9 Å². The molecule has 3 aromatic rings. The van der Waals surface area contributed by atoms with Gasteiger partial charge in [-0.2, -0.15) is 8.42 Å². The van der Waals surface area contributed by atoms with Gasteiger partial charge in [0.2, 0.25) is 5.91 Å². The third kappa shape index (κ3) is 10.1. The summed E-state index contributed by atoms with van der Waals surface area (Å²) in [6, 6.07) is 13.7. The number of carbonyl (C=O) groups excluding carboxylic acids is 1. The number of anilines is 2. The Morgan fingerprint density at radius 1 is 1.05 bits per heavy atom. The van der Waals surface area contributed by atoms with E-state index in [2.05, 4.69) is 5.32 Å². The molecule has 2 atom stereocenters. The van der Waals surface area contributed by atoms with Crippen molar-refractivity contribution >= 4 is 66.9 Å². The fourth-order valence-electron chi connectivity index (χ4n) is 4.36. The molecule has 0 spiro atoms. The Labute approximate surface area is 265 Å². The molecule has 0 saturated carbocycles. The molecule has 1 aromatic heterocycles. The highest BCUT2D eigenvalue weighted by molar-refractivity contribution is 7.87. The lowest BCUT2D eigenvalue weighted by molar-refractivity contribution is -0.380. The molecule has 0 radical (unpaired) electrons. The first-order valence-corrected chi connectivity index (χ1v) is 17.0. The Bertz CT molecular complexity index is 1430. The molecule has 0 aliphatic carbocycles. The monoisotopic (exact) mass is 671 g/mol. The number of nitro groups is 1. The number of amides is 1. The van der Waals surface area contributed by atoms with Gasteiger partial charge >= 0.3 is 15.1 Å². The molecule has 1 unspecified atom stereocenters. The summed E-state index contributed by atoms with van der Waals surface area (Å²) in [5.41, 5.74) is 13.3. The molecule has 1 amide bonds. The van der Waals surface area contributed by atoms with E-state index in [-0.39, 0.29) is 28.6 Å². The van der Waals surface area contributed by atoms with Gasteiger partial charge in [0.05, 0.1) is 16.5 Å². The van der Waals surface area contributed by atoms with Gasteiger partial charge in [0.25, 0.3) is 0 Å². The average molecular weight is 673 g/mol. The molecular weight excluding hydrogens is 637 g/mol. The number of hydrogen-bond donors (Lipinski definition) is 3. The summed E-state index contributed by atoms with van der Waals surface area (Å²) >= 11 is 12.6. The molecule has 0 aliphatic heterocycles. The van der Waals surface area contributed by atoms with E-state index in [4.69, 9.17) is 38.9 Å². The number of benzene rings is 2. The van der Waals surface area contributed by atoms with Crippen LogP contribution in [0.25, 0.3) is 0 Å². The highest BCUT2D eigenvalue weighted by atomic mass is 35.5. The Morgan fingerprint density at radius 2 is 1.70 bits per heavy atom. The van der Waals surface area contributed by atoms with Crippen LogP contribution in [-0.2, 0) is 21.3 Å². The van der Waals surface area contributed by atoms with Crippen molar-refractivity contribution < 1.29 is 22.3 Å². The van der Waals surface area contributed by atoms with Crippen LogP contribution in [0.3, 0.4) is 0 Å². The van der Waals surface area contributed by atoms with Gasteiger partial charge < -0.3 is 25.9 Å². The van der Waals surface area contributed by atoms with Gasteiger partial charge in [-0.15, -0.1) is 23.2 Å². The van der Waals surface area contributed by atoms with E-state index in [1.165, 1.54) is 23.6 Å². The minimum absolute atomic E-state index is 0.0304. The summed E-state index contributed by atoms with van der Waals surface area (Å²) in [6.45, 7) is 1.64. The lowest BCUT2D eigenvalue weighted by atomic mass is 10.0. The van der Waals surface area contributed by atoms with E-state index < -0.39 is 26.3 Å². The molecule has 0 fully saturated rings. The Kier molecular flexibility index (Phi) is 13.5. The summed E-state index contributed by atoms with van der Waals surface area (Å²) in [5, 5.41) is 14.3. The maximum atomic E-state index is 13.6. The maximum absolute atomic E-state index is 13.6. The zero-order valence-corrected chi connectivity index (χ0v) is 26.5. The first kappa shape index (κ1) is 34.5. The lowest BCUT2D eigenvalue weighted by Gasteiger charge is -2.23. The third-order valence-electron chi connectivity index (χ3n) is 6.61. The minimum atomic E-state index is -4.41. The van der Waals surface area contributed by atoms with Crippen LogP contribution in [0, 0.1) is 10.1 Å². The van der Waals surface area contributed by atoms with Gasteiger partial charge in [-0.05, 0) is 79.2 Å². The number of unbranched alkanes of at least 4 members (excludes halogenated alkanes) is 1. The predicted octanol–water partition coefficient (Wildman–Crippen LogP) is 5.03. The zero-order chi connectivity index (χ0) is 31.4. The molecule has 0 bridgehead atoms. The van der Waals surface area contributed by atoms with E-state index in [0.717, 1.165) is 29.9 Å². The first-order valence-electron chi connectivity index (χ1n) is 13.6. The summed E-state index contributed by atoms with van der Waals surface area (Å²) in [4.78, 5) is 25.5. The number of nitrogens with two attached hydrogens (primary N) is 2. The fourth-order valence-corrected chi connectivity index (χ4v) is 7.02. The van der Waals surface area contributed by atoms with Crippen LogP contribution in [0.15, 0.2) is 60.0 Å². The SMILES string of the molecule is NCCCC[C@H](N)C(=O)Nc1ccc(CC(c2ccsc2[N+](=O)[O-])S(=O)(=O)Oc2ccc(N(CCCl)CCCl)cc2)cc1. The molecule has 43 heavy (non-hydrogen) atoms. The summed E-state index contributed by atoms with van der Waals surface area (Å²) in [7, 11) is -4.41. The van der Waals surface area contributed by atoms with Gasteiger partial charge in [0.15, 0.2) is 0 Å². The Hall–Kier alpha value is -2.94. The molecule has 3 rings (SSSR count). The van der Waals surface area contributed by atoms with Crippen molar-refractivity contribution in [1.29, 1.82) is 0 Å². The molecular formula is C28H35Cl2N5O6S2. The van der Waals surface area contributed by atoms with Gasteiger partial charge in [0, 0.05) is 36.2 Å². The largest absolute Gasteiger partial charge is 0.382 e. The molecule has 0 saturated heterocycles. The molecule has 11 nitrogen and oxygen atoms in total. The number of hydrogen-bond acceptors (Lipinski definition) is 10. The van der Waals surface area contributed by atoms with Crippen LogP contribution in [0.4, 0.5) is 16.4 Å². The number of thiophene rings is 1. The highest BCUT2D eigenvalue weighted by Crippen LogP contribution is 2.38. The fraction of sp³-hybridized carbons (Fsp3) is 0.393. The second-order valence-corrected chi connectivity index (χ2v) is 13.0. The molecule has 2 aromatic carbocycles. The number of nitrogens with zero attached hydrogens (tertiary/aromatic N) is 2. The summed E-state index contributed by atoms with van der Waals surface area (Å²) in [6.07, 6.45) is 1.91. The number of rotatable bonds is 18. The average Bonchev–Trinajstić information content (AvgIpc) is 3.47. The zero-order valence-electron chi connectivity index (χ0n) is 23.4. The predicted molar refractivity (Wildman–Crippen MR) is 173 cm³/mol. The molecule has 5 N–H and O–H groups in total. The minimum Gasteiger partial charge on any atom is -0.382 e. The van der Waals surface area contributed by atoms with Crippen molar-refractivity contribution in [3.05, 3.63) is 81.2 Å². The van der Waals surface area contributed by atoms with Gasteiger partial charge in [-0.25, -0.2) is 0 Å². The number of alkyl halides is 2. The van der Waals surface area contributed by atoms with E-state index in [9.17, 15) is 23.3 Å². The van der Waals surface area contributed by atoms with Crippen LogP contribution >= 0.6 is 34.5 Å². The van der Waals surface area contributed by atoms with Gasteiger partial charge in [-0.1, -0.05) is 29.9 Å². The Balaban J connectivity index is 1.81. The number of nitrogens with one attached hydrogen (secondary N) is 1. The van der Waals surface area contributed by atoms with E-state index >= 15 is 0 Å². The van der Waals surface area contributed by atoms with Crippen LogP contribution in [-0.4, -0.2) is 56.7 Å². The van der Waals surface area contributed by atoms with Crippen LogP contribution in [0.2, 0.25) is 0 Å². The molecule has 234 valence electrons. The van der Waals surface area contributed by atoms with Gasteiger partial charge in [-0.3, -0.25) is 14.9 Å². The molecule has 0 aliphatic rings. The van der Waals surface area contributed by atoms with Crippen molar-refractivity contribution in [3.8, 4) is 5.75 Å². The van der Waals surface area contributed by atoms with E-state index in [1.807, 2.05) is 4.90 Å². The smallest absolute Gasteiger partial charge is 0.328 e. The van der Waals surface area contributed by atoms with Crippen molar-refractivity contribution in [2.24, 2.45) is 11.5 Å². The van der Waals surface area contributed by atoms with Crippen LogP contribution in [0.1, 0.15) is 35.6 Å². The van der Waals surface area contributed by atoms with Crippen molar-refractivity contribution in [3.63, 3.8) is 0 Å². The lowest BCUT2D eigenvalue weighted by Crippen LogP contribution is -2.35. The standard InChI is InChI=1S/C28H35Cl2N5O6S2/c29-13-16-34(17-14-30)22-8-10-23(11-9-22)41-43(39,40)26(24-12-18-42-28(24)35(37)38)19-20-4-6-21(7-5-20)33-27(36)25(32)3-1-2-15-31/h4-12,18,25-26H,1-3,13-17,19,31-32H2,(H,33,36)/t25-,26?/m0/s1. The highest BCUT2D eigenvalue weighted by Gasteiger charge is 2.36. The first-order chi connectivity index (χ1) is 20.6. The maximum Gasteiger partial charge on any atom is 0.328 e. The van der Waals surface area contributed by atoms with Crippen molar-refractivity contribution in [2.75, 3.05) is 41.6 Å². The number of carbonyl (C=O) groups is 1. The van der Waals surface area contributed by atoms with E-state index in [1.54, 1.807) is 36.4 Å². The molecule has 1 heterocycles. The quantitative estimate of drug-likeness (QED) is 0.0551. The normalized spacial score (nSPS) is 12.8. The van der Waals surface area contributed by atoms with Crippen LogP contribution in [0.5, 0.6) is 5.75 Å². The third-order valence-corrected chi connectivity index (χ3v) is 9.37. The second kappa shape index (κ2) is 16.8.